The summed E-state index contributed by atoms with van der Waals surface area (Å²) in [5.74, 6) is -2.17. The summed E-state index contributed by atoms with van der Waals surface area (Å²) in [6.07, 6.45) is -3.51. The number of nitrogens with one attached hydrogen (secondary N) is 1. The van der Waals surface area contributed by atoms with Crippen molar-refractivity contribution in [2.75, 3.05) is 11.9 Å². The van der Waals surface area contributed by atoms with Crippen LogP contribution in [0.5, 0.6) is 0 Å². The smallest absolute Gasteiger partial charge is 0.377 e. The van der Waals surface area contributed by atoms with E-state index in [1.807, 2.05) is 13.8 Å². The van der Waals surface area contributed by atoms with Crippen molar-refractivity contribution in [3.05, 3.63) is 29.6 Å². The van der Waals surface area contributed by atoms with Crippen LogP contribution in [0.3, 0.4) is 0 Å². The molecule has 3 N–H and O–H groups in total. The van der Waals surface area contributed by atoms with Gasteiger partial charge in [0.1, 0.15) is 11.4 Å². The van der Waals surface area contributed by atoms with Crippen LogP contribution in [-0.2, 0) is 15.7 Å². The Hall–Kier alpha value is -1.38. The number of hydrogen-bond donors (Lipinski definition) is 2. The number of carbonyl (C=O) groups excluding carboxylic acids is 1. The number of fused-ring (bicyclic) bond motifs is 1. The third-order valence-electron chi connectivity index (χ3n) is 5.59. The second-order valence-corrected chi connectivity index (χ2v) is 7.28. The van der Waals surface area contributed by atoms with Crippen LogP contribution in [0.15, 0.2) is 18.2 Å². The van der Waals surface area contributed by atoms with E-state index in [1.54, 1.807) is 0 Å². The average Bonchev–Trinajstić information content (AvgIpc) is 2.54. The fourth-order valence-electron chi connectivity index (χ4n) is 4.09. The zero-order valence-electron chi connectivity index (χ0n) is 14.3. The summed E-state index contributed by atoms with van der Waals surface area (Å²) >= 11 is 0. The molecule has 2 fully saturated rings. The van der Waals surface area contributed by atoms with Gasteiger partial charge in [-0.25, -0.2) is 4.39 Å². The van der Waals surface area contributed by atoms with E-state index in [4.69, 9.17) is 10.5 Å². The second kappa shape index (κ2) is 6.65. The van der Waals surface area contributed by atoms with Crippen LogP contribution in [-0.4, -0.2) is 24.2 Å². The van der Waals surface area contributed by atoms with E-state index in [0.29, 0.717) is 18.7 Å². The number of benzene rings is 1. The Bertz CT molecular complexity index is 710. The Balaban J connectivity index is 0.00000243. The first-order valence-corrected chi connectivity index (χ1v) is 8.08. The fraction of sp³-hybridized carbons (Fsp3) is 0.588. The molecule has 9 heteroatoms. The Morgan fingerprint density at radius 2 is 2.00 bits per heavy atom. The number of alkyl halides is 3. The van der Waals surface area contributed by atoms with Crippen LogP contribution in [0.4, 0.5) is 23.2 Å². The molecule has 1 aromatic carbocycles. The predicted molar refractivity (Wildman–Crippen MR) is 90.4 cm³/mol. The summed E-state index contributed by atoms with van der Waals surface area (Å²) < 4.78 is 57.6. The summed E-state index contributed by atoms with van der Waals surface area (Å²) in [6.45, 7) is 4.23. The van der Waals surface area contributed by atoms with Crippen LogP contribution >= 0.6 is 12.4 Å². The van der Waals surface area contributed by atoms with Gasteiger partial charge in [-0.2, -0.15) is 13.2 Å². The van der Waals surface area contributed by atoms with Crippen molar-refractivity contribution in [2.45, 2.75) is 44.5 Å². The van der Waals surface area contributed by atoms with E-state index in [9.17, 15) is 22.4 Å². The van der Waals surface area contributed by atoms with Crippen molar-refractivity contribution < 1.29 is 27.1 Å². The highest BCUT2D eigenvalue weighted by Crippen LogP contribution is 2.57. The molecule has 3 rings (SSSR count). The van der Waals surface area contributed by atoms with Crippen LogP contribution in [0, 0.1) is 17.2 Å². The van der Waals surface area contributed by atoms with E-state index < -0.39 is 34.4 Å². The topological polar surface area (TPSA) is 64.3 Å². The molecular weight excluding hydrogens is 376 g/mol. The number of ether oxygens (including phenoxy) is 1. The van der Waals surface area contributed by atoms with E-state index in [2.05, 4.69) is 5.32 Å². The lowest BCUT2D eigenvalue weighted by Gasteiger charge is -2.65. The van der Waals surface area contributed by atoms with E-state index >= 15 is 0 Å². The molecule has 1 aromatic rings. The number of halogens is 5. The Morgan fingerprint density at radius 3 is 2.62 bits per heavy atom. The van der Waals surface area contributed by atoms with E-state index in [1.165, 1.54) is 0 Å². The van der Waals surface area contributed by atoms with Gasteiger partial charge in [0, 0.05) is 23.6 Å². The van der Waals surface area contributed by atoms with Gasteiger partial charge in [-0.15, -0.1) is 12.4 Å². The fourth-order valence-corrected chi connectivity index (χ4v) is 4.09. The summed E-state index contributed by atoms with van der Waals surface area (Å²) in [6, 6.07) is 2.35. The first kappa shape index (κ1) is 20.9. The van der Waals surface area contributed by atoms with E-state index in [0.717, 1.165) is 18.9 Å². The molecule has 2 aliphatic rings. The van der Waals surface area contributed by atoms with Gasteiger partial charge in [-0.3, -0.25) is 4.79 Å². The first-order valence-electron chi connectivity index (χ1n) is 8.08. The molecule has 4 nitrogen and oxygen atoms in total. The van der Waals surface area contributed by atoms with E-state index in [-0.39, 0.29) is 30.1 Å². The zero-order chi connectivity index (χ0) is 18.6. The minimum Gasteiger partial charge on any atom is -0.377 e. The number of carbonyl (C=O) groups is 1. The SMILES string of the molecule is CC1(C)C2OCCCC2C1(N)C(=O)Nc1ccc(F)c(C(F)(F)F)c1.Cl. The molecule has 1 aliphatic carbocycles. The highest BCUT2D eigenvalue weighted by atomic mass is 35.5. The number of amides is 1. The van der Waals surface area contributed by atoms with Crippen molar-refractivity contribution in [1.29, 1.82) is 0 Å². The lowest BCUT2D eigenvalue weighted by atomic mass is 9.46. The van der Waals surface area contributed by atoms with Crippen molar-refractivity contribution in [1.82, 2.24) is 0 Å². The van der Waals surface area contributed by atoms with Gasteiger partial charge in [-0.1, -0.05) is 13.8 Å². The molecule has 0 aromatic heterocycles. The maximum Gasteiger partial charge on any atom is 0.419 e. The summed E-state index contributed by atoms with van der Waals surface area (Å²) in [4.78, 5) is 12.8. The lowest BCUT2D eigenvalue weighted by Crippen LogP contribution is -2.81. The lowest BCUT2D eigenvalue weighted by molar-refractivity contribution is -0.222. The third kappa shape index (κ3) is 2.97. The van der Waals surface area contributed by atoms with Crippen molar-refractivity contribution in [3.63, 3.8) is 0 Å². The Kier molecular flexibility index (Phi) is 5.35. The molecule has 146 valence electrons. The summed E-state index contributed by atoms with van der Waals surface area (Å²) in [5, 5.41) is 2.43. The summed E-state index contributed by atoms with van der Waals surface area (Å²) in [5.41, 5.74) is 2.91. The van der Waals surface area contributed by atoms with Crippen LogP contribution < -0.4 is 11.1 Å². The number of anilines is 1. The minimum atomic E-state index is -4.84. The highest BCUT2D eigenvalue weighted by molar-refractivity contribution is 6.00. The average molecular weight is 397 g/mol. The van der Waals surface area contributed by atoms with Crippen LogP contribution in [0.2, 0.25) is 0 Å². The van der Waals surface area contributed by atoms with Gasteiger partial charge in [-0.05, 0) is 31.0 Å². The molecule has 3 unspecified atom stereocenters. The van der Waals surface area contributed by atoms with Gasteiger partial charge in [0.15, 0.2) is 0 Å². The number of hydrogen-bond acceptors (Lipinski definition) is 3. The predicted octanol–water partition coefficient (Wildman–Crippen LogP) is 3.74. The first-order chi connectivity index (χ1) is 11.5. The maximum absolute atomic E-state index is 13.4. The highest BCUT2D eigenvalue weighted by Gasteiger charge is 2.70. The molecule has 1 amide bonds. The van der Waals surface area contributed by atoms with Crippen LogP contribution in [0.1, 0.15) is 32.3 Å². The van der Waals surface area contributed by atoms with Gasteiger partial charge in [0.25, 0.3) is 0 Å². The molecule has 0 bridgehead atoms. The molecule has 1 aliphatic heterocycles. The summed E-state index contributed by atoms with van der Waals surface area (Å²) in [7, 11) is 0. The van der Waals surface area contributed by atoms with Crippen LogP contribution in [0.25, 0.3) is 0 Å². The maximum atomic E-state index is 13.4. The normalized spacial score (nSPS) is 29.8. The largest absolute Gasteiger partial charge is 0.419 e. The Labute approximate surface area is 154 Å². The van der Waals surface area contributed by atoms with Gasteiger partial charge < -0.3 is 15.8 Å². The van der Waals surface area contributed by atoms with Crippen molar-refractivity contribution >= 4 is 24.0 Å². The Morgan fingerprint density at radius 1 is 1.35 bits per heavy atom. The van der Waals surface area contributed by atoms with Gasteiger partial charge >= 0.3 is 6.18 Å². The number of nitrogens with two attached hydrogens (primary N) is 1. The minimum absolute atomic E-state index is 0. The molecule has 1 saturated heterocycles. The molecule has 26 heavy (non-hydrogen) atoms. The molecule has 0 spiro atoms. The second-order valence-electron chi connectivity index (χ2n) is 7.28. The molecule has 0 radical (unpaired) electrons. The zero-order valence-corrected chi connectivity index (χ0v) is 15.1. The molecule has 3 atom stereocenters. The standard InChI is InChI=1S/C17H20F4N2O2.ClH/c1-15(2)13-10(4-3-7-25-13)16(15,22)14(24)23-9-5-6-12(18)11(8-9)17(19,20)21;/h5-6,8,10,13H,3-4,7,22H2,1-2H3,(H,23,24);1H. The molecule has 1 saturated carbocycles. The third-order valence-corrected chi connectivity index (χ3v) is 5.59. The quantitative estimate of drug-likeness (QED) is 0.748. The van der Waals surface area contributed by atoms with Gasteiger partial charge in [0.05, 0.1) is 11.7 Å². The number of rotatable bonds is 2. The molecule has 1 heterocycles. The monoisotopic (exact) mass is 396 g/mol. The van der Waals surface area contributed by atoms with Crippen molar-refractivity contribution in [2.24, 2.45) is 17.1 Å². The molecular formula is C17H21ClF4N2O2. The van der Waals surface area contributed by atoms with Gasteiger partial charge in [0.2, 0.25) is 5.91 Å². The van der Waals surface area contributed by atoms with Crippen molar-refractivity contribution in [3.8, 4) is 0 Å².